The number of rotatable bonds is 6. The van der Waals surface area contributed by atoms with E-state index in [0.717, 1.165) is 38.3 Å². The van der Waals surface area contributed by atoms with E-state index in [0.29, 0.717) is 21.5 Å². The van der Waals surface area contributed by atoms with Gasteiger partial charge >= 0.3 is 0 Å². The molecule has 0 aliphatic rings. The maximum Gasteiger partial charge on any atom is 0.176 e. The second-order valence-electron chi connectivity index (χ2n) is 10.0. The predicted molar refractivity (Wildman–Crippen MR) is 181 cm³/mol. The molecule has 0 amide bonds. The quantitative estimate of drug-likeness (QED) is 0.175. The van der Waals surface area contributed by atoms with Crippen molar-refractivity contribution in [3.63, 3.8) is 0 Å². The molecule has 0 unspecified atom stereocenters. The second-order valence-corrected chi connectivity index (χ2v) is 13.9. The van der Waals surface area contributed by atoms with Crippen LogP contribution in [0.3, 0.4) is 0 Å². The van der Waals surface area contributed by atoms with Crippen molar-refractivity contribution in [2.75, 3.05) is 0 Å². The lowest BCUT2D eigenvalue weighted by molar-refractivity contribution is 0.949. The van der Waals surface area contributed by atoms with E-state index in [1.165, 1.54) is 0 Å². The van der Waals surface area contributed by atoms with E-state index >= 15 is 0 Å². The van der Waals surface area contributed by atoms with Crippen molar-refractivity contribution >= 4 is 57.6 Å². The molecule has 43 heavy (non-hydrogen) atoms. The van der Waals surface area contributed by atoms with Gasteiger partial charge in [0.25, 0.3) is 0 Å². The molecule has 208 valence electrons. The van der Waals surface area contributed by atoms with Gasteiger partial charge in [0.1, 0.15) is 0 Å². The highest BCUT2D eigenvalue weighted by Gasteiger charge is 2.28. The number of fused-ring (bicyclic) bond motifs is 1. The minimum Gasteiger partial charge on any atom is -0.236 e. The standard InChI is InChI=1S/C36H25Cl2N4P/c37-27-22-20-26(21-23-27)36-32(31-18-10-11-19-33(31)38)25-39-35-24-34(40-42(35)36)41-43(28-12-4-1-5-13-28,29-14-6-2-7-15-29)30-16-8-3-9-17-30/h1-25H. The zero-order valence-corrected chi connectivity index (χ0v) is 25.3. The second kappa shape index (κ2) is 11.7. The summed E-state index contributed by atoms with van der Waals surface area (Å²) >= 11 is 13.0. The van der Waals surface area contributed by atoms with E-state index in [9.17, 15) is 0 Å². The Hall–Kier alpha value is -4.47. The van der Waals surface area contributed by atoms with Gasteiger partial charge in [-0.1, -0.05) is 145 Å². The van der Waals surface area contributed by atoms with Crippen LogP contribution < -0.4 is 15.9 Å². The van der Waals surface area contributed by atoms with Crippen molar-refractivity contribution in [1.82, 2.24) is 14.6 Å². The van der Waals surface area contributed by atoms with Crippen LogP contribution in [-0.4, -0.2) is 14.6 Å². The highest BCUT2D eigenvalue weighted by Crippen LogP contribution is 2.49. The van der Waals surface area contributed by atoms with E-state index in [2.05, 4.69) is 72.8 Å². The summed E-state index contributed by atoms with van der Waals surface area (Å²) in [5.41, 5.74) is 4.23. The lowest BCUT2D eigenvalue weighted by Gasteiger charge is -2.26. The Morgan fingerprint density at radius 3 is 1.67 bits per heavy atom. The molecule has 0 spiro atoms. The molecule has 0 N–H and O–H groups in total. The summed E-state index contributed by atoms with van der Waals surface area (Å²) in [4.78, 5) is 4.84. The molecule has 7 heteroatoms. The first kappa shape index (κ1) is 27.4. The number of benzene rings is 5. The predicted octanol–water partition coefficient (Wildman–Crippen LogP) is 9.18. The number of halogens is 2. The molecule has 0 radical (unpaired) electrons. The normalized spacial score (nSPS) is 11.5. The van der Waals surface area contributed by atoms with Crippen molar-refractivity contribution in [3.05, 3.63) is 162 Å². The van der Waals surface area contributed by atoms with Crippen LogP contribution in [0.15, 0.2) is 157 Å². The minimum atomic E-state index is -2.52. The van der Waals surface area contributed by atoms with Crippen LogP contribution >= 0.6 is 30.3 Å². The molecule has 0 aliphatic carbocycles. The van der Waals surface area contributed by atoms with Gasteiger partial charge in [-0.15, -0.1) is 5.10 Å². The van der Waals surface area contributed by atoms with Crippen LogP contribution in [0.2, 0.25) is 10.0 Å². The molecule has 0 fully saturated rings. The van der Waals surface area contributed by atoms with Gasteiger partial charge in [-0.25, -0.2) is 14.2 Å². The summed E-state index contributed by atoms with van der Waals surface area (Å²) in [5.74, 6) is 0.601. The third-order valence-electron chi connectivity index (χ3n) is 7.39. The minimum absolute atomic E-state index is 0.601. The van der Waals surface area contributed by atoms with Gasteiger partial charge in [0.05, 0.1) is 12.7 Å². The number of hydrogen-bond donors (Lipinski definition) is 0. The largest absolute Gasteiger partial charge is 0.236 e. The summed E-state index contributed by atoms with van der Waals surface area (Å²) in [5, 5.41) is 9.86. The Morgan fingerprint density at radius 1 is 0.581 bits per heavy atom. The molecule has 0 saturated heterocycles. The van der Waals surface area contributed by atoms with Gasteiger partial charge in [-0.2, -0.15) is 0 Å². The first-order chi connectivity index (χ1) is 21.1. The van der Waals surface area contributed by atoms with Gasteiger partial charge in [-0.05, 0) is 18.2 Å². The summed E-state index contributed by atoms with van der Waals surface area (Å²) < 4.78 is 7.47. The fraction of sp³-hybridized carbons (Fsp3) is 0. The Labute approximate surface area is 260 Å². The topological polar surface area (TPSA) is 42.5 Å². The molecule has 7 rings (SSSR count). The third kappa shape index (κ3) is 5.08. The summed E-state index contributed by atoms with van der Waals surface area (Å²) in [7, 11) is -2.52. The smallest absolute Gasteiger partial charge is 0.176 e. The molecular weight excluding hydrogens is 590 g/mol. The van der Waals surface area contributed by atoms with Gasteiger partial charge in [-0.3, -0.25) is 0 Å². The molecule has 0 aliphatic heterocycles. The third-order valence-corrected chi connectivity index (χ3v) is 11.6. The van der Waals surface area contributed by atoms with E-state index in [-0.39, 0.29) is 0 Å². The lowest BCUT2D eigenvalue weighted by Crippen LogP contribution is -2.25. The fourth-order valence-corrected chi connectivity index (χ4v) is 9.26. The first-order valence-corrected chi connectivity index (χ1v) is 16.3. The van der Waals surface area contributed by atoms with Crippen LogP contribution in [0, 0.1) is 0 Å². The van der Waals surface area contributed by atoms with Crippen molar-refractivity contribution in [1.29, 1.82) is 0 Å². The molecule has 4 nitrogen and oxygen atoms in total. The molecular formula is C36H25Cl2N4P. The first-order valence-electron chi connectivity index (χ1n) is 13.8. The van der Waals surface area contributed by atoms with Gasteiger partial charge < -0.3 is 0 Å². The molecule has 7 aromatic rings. The van der Waals surface area contributed by atoms with Gasteiger partial charge in [0, 0.05) is 54.9 Å². The monoisotopic (exact) mass is 614 g/mol. The zero-order chi connectivity index (χ0) is 29.2. The highest BCUT2D eigenvalue weighted by atomic mass is 35.5. The van der Waals surface area contributed by atoms with Crippen molar-refractivity contribution in [2.24, 2.45) is 4.74 Å². The van der Waals surface area contributed by atoms with Crippen LogP contribution in [0.25, 0.3) is 28.0 Å². The maximum atomic E-state index is 6.70. The maximum absolute atomic E-state index is 6.70. The van der Waals surface area contributed by atoms with Gasteiger partial charge in [0.15, 0.2) is 11.5 Å². The molecule has 0 bridgehead atoms. The zero-order valence-electron chi connectivity index (χ0n) is 22.9. The molecule has 0 saturated carbocycles. The summed E-state index contributed by atoms with van der Waals surface area (Å²) in [6, 6.07) is 49.0. The SMILES string of the molecule is Clc1ccc(-c2c(-c3ccccc3Cl)cnc3cc(N=P(c4ccccc4)(c4ccccc4)c4ccccc4)nn23)cc1. The lowest BCUT2D eigenvalue weighted by atomic mass is 10.0. The number of aromatic nitrogens is 3. The number of nitrogens with zero attached hydrogens (tertiary/aromatic N) is 4. The summed E-state index contributed by atoms with van der Waals surface area (Å²) in [6.45, 7) is 0. The Morgan fingerprint density at radius 2 is 1.12 bits per heavy atom. The Bertz CT molecular complexity index is 1990. The van der Waals surface area contributed by atoms with Crippen molar-refractivity contribution < 1.29 is 0 Å². The summed E-state index contributed by atoms with van der Waals surface area (Å²) in [6.07, 6.45) is 1.86. The Balaban J connectivity index is 1.56. The fourth-order valence-electron chi connectivity index (χ4n) is 5.44. The van der Waals surface area contributed by atoms with E-state index in [1.54, 1.807) is 0 Å². The van der Waals surface area contributed by atoms with Crippen LogP contribution in [0.5, 0.6) is 0 Å². The van der Waals surface area contributed by atoms with E-state index < -0.39 is 7.05 Å². The van der Waals surface area contributed by atoms with Crippen LogP contribution in [-0.2, 0) is 0 Å². The number of hydrogen-bond acceptors (Lipinski definition) is 3. The average molecular weight is 616 g/mol. The Kier molecular flexibility index (Phi) is 7.42. The van der Waals surface area contributed by atoms with Crippen LogP contribution in [0.4, 0.5) is 5.82 Å². The van der Waals surface area contributed by atoms with E-state index in [4.69, 9.17) is 38.0 Å². The average Bonchev–Trinajstić information content (AvgIpc) is 3.48. The van der Waals surface area contributed by atoms with E-state index in [1.807, 2.05) is 83.5 Å². The molecule has 2 heterocycles. The molecule has 2 aromatic heterocycles. The molecule has 5 aromatic carbocycles. The molecule has 0 atom stereocenters. The van der Waals surface area contributed by atoms with Crippen molar-refractivity contribution in [3.8, 4) is 22.4 Å². The highest BCUT2D eigenvalue weighted by molar-refractivity contribution is 7.87. The van der Waals surface area contributed by atoms with Crippen LogP contribution in [0.1, 0.15) is 0 Å². The van der Waals surface area contributed by atoms with Crippen molar-refractivity contribution in [2.45, 2.75) is 0 Å². The van der Waals surface area contributed by atoms with Gasteiger partial charge in [0.2, 0.25) is 0 Å².